The van der Waals surface area contributed by atoms with Crippen molar-refractivity contribution in [1.82, 2.24) is 0 Å². The van der Waals surface area contributed by atoms with E-state index in [-0.39, 0.29) is 64.9 Å². The van der Waals surface area contributed by atoms with Crippen LogP contribution in [0.4, 0.5) is 0 Å². The van der Waals surface area contributed by atoms with Gasteiger partial charge >= 0.3 is 0 Å². The van der Waals surface area contributed by atoms with Crippen molar-refractivity contribution in [2.45, 2.75) is 19.3 Å². The molecule has 87 heavy (non-hydrogen) atoms. The molecule has 0 heteroatoms. The molecule has 0 saturated carbocycles. The molecule has 0 amide bonds. The van der Waals surface area contributed by atoms with Gasteiger partial charge in [0.1, 0.15) is 0 Å². The fourth-order valence-corrected chi connectivity index (χ4v) is 13.9. The summed E-state index contributed by atoms with van der Waals surface area (Å²) in [5.74, 6) is 0. The van der Waals surface area contributed by atoms with Crippen molar-refractivity contribution in [3.8, 4) is 89.0 Å². The Bertz CT molecular complexity index is 5900. The molecule has 0 aliphatic heterocycles. The number of hydrogen-bond donors (Lipinski definition) is 0. The third-order valence-corrected chi connectivity index (χ3v) is 17.9. The zero-order valence-corrected chi connectivity index (χ0v) is 47.9. The van der Waals surface area contributed by atoms with E-state index in [1.165, 1.54) is 22.3 Å². The van der Waals surface area contributed by atoms with Crippen molar-refractivity contribution in [1.29, 1.82) is 0 Å². The molecule has 408 valence electrons. The van der Waals surface area contributed by atoms with E-state index in [1.54, 1.807) is 0 Å². The Morgan fingerprint density at radius 3 is 1.13 bits per heavy atom. The Hall–Kier alpha value is -10.9. The Labute approximate surface area is 522 Å². The van der Waals surface area contributed by atoms with Gasteiger partial charge in [0.2, 0.25) is 0 Å². The number of hydrogen-bond acceptors (Lipinski definition) is 0. The maximum Gasteiger partial charge on any atom is 0.0629 e. The lowest BCUT2D eigenvalue weighted by Gasteiger charge is -2.23. The average molecular weight is 1120 g/mol. The molecule has 17 rings (SSSR count). The summed E-state index contributed by atoms with van der Waals surface area (Å²) in [6.07, 6.45) is 0. The molecule has 1 aliphatic carbocycles. The molecule has 0 spiro atoms. The van der Waals surface area contributed by atoms with E-state index < -0.39 is 12.1 Å². The van der Waals surface area contributed by atoms with E-state index in [1.807, 2.05) is 54.6 Å². The summed E-state index contributed by atoms with van der Waals surface area (Å²) in [5.41, 5.74) is 17.5. The van der Waals surface area contributed by atoms with Gasteiger partial charge in [-0.25, -0.2) is 0 Å². The minimum absolute atomic E-state index is 0.162. The first-order valence-corrected chi connectivity index (χ1v) is 29.6. The molecule has 1 aliphatic rings. The van der Waals surface area contributed by atoms with Gasteiger partial charge in [0.25, 0.3) is 0 Å². The normalized spacial score (nSPS) is 14.0. The Morgan fingerprint density at radius 2 is 0.586 bits per heavy atom. The van der Waals surface area contributed by atoms with Gasteiger partial charge in [0, 0.05) is 5.41 Å². The molecule has 16 aromatic carbocycles. The second-order valence-electron chi connectivity index (χ2n) is 23.0. The summed E-state index contributed by atoms with van der Waals surface area (Å²) in [6, 6.07) is 90.0. The van der Waals surface area contributed by atoms with Crippen LogP contribution >= 0.6 is 0 Å². The lowest BCUT2D eigenvalue weighted by Crippen LogP contribution is -2.14. The lowest BCUT2D eigenvalue weighted by molar-refractivity contribution is 0.660. The van der Waals surface area contributed by atoms with Crippen molar-refractivity contribution >= 4 is 64.6 Å². The van der Waals surface area contributed by atoms with E-state index in [0.29, 0.717) is 11.1 Å². The minimum atomic E-state index is -0.395. The second-order valence-corrected chi connectivity index (χ2v) is 23.0. The van der Waals surface area contributed by atoms with Crippen LogP contribution in [0.3, 0.4) is 0 Å². The van der Waals surface area contributed by atoms with Crippen LogP contribution in [-0.2, 0) is 5.41 Å². The lowest BCUT2D eigenvalue weighted by atomic mass is 9.80. The highest BCUT2D eigenvalue weighted by molar-refractivity contribution is 6.26. The summed E-state index contributed by atoms with van der Waals surface area (Å²) in [5, 5.41) is 12.9. The van der Waals surface area contributed by atoms with Gasteiger partial charge in [-0.15, -0.1) is 0 Å². The van der Waals surface area contributed by atoms with Crippen LogP contribution in [0.15, 0.2) is 327 Å². The van der Waals surface area contributed by atoms with Crippen LogP contribution in [0, 0.1) is 0 Å². The molecule has 0 heterocycles. The molecule has 0 fully saturated rings. The zero-order chi connectivity index (χ0) is 66.7. The number of fused-ring (bicyclic) bond motifs is 9. The third-order valence-electron chi connectivity index (χ3n) is 17.9. The van der Waals surface area contributed by atoms with Crippen molar-refractivity contribution in [2.75, 3.05) is 0 Å². The van der Waals surface area contributed by atoms with Crippen LogP contribution in [0.1, 0.15) is 38.7 Å². The van der Waals surface area contributed by atoms with Crippen LogP contribution in [0.2, 0.25) is 0 Å². The highest BCUT2D eigenvalue weighted by atomic mass is 14.4. The number of rotatable bonds is 7. The summed E-state index contributed by atoms with van der Waals surface area (Å²) in [4.78, 5) is 0. The minimum Gasteiger partial charge on any atom is -0.0622 e. The fourth-order valence-electron chi connectivity index (χ4n) is 13.9. The topological polar surface area (TPSA) is 0 Å². The molecule has 0 nitrogen and oxygen atoms in total. The Kier molecular flexibility index (Phi) is 10.3. The van der Waals surface area contributed by atoms with Gasteiger partial charge in [-0.1, -0.05) is 323 Å². The van der Waals surface area contributed by atoms with Gasteiger partial charge in [-0.2, -0.15) is 0 Å². The summed E-state index contributed by atoms with van der Waals surface area (Å²) >= 11 is 0. The van der Waals surface area contributed by atoms with Crippen molar-refractivity contribution in [2.24, 2.45) is 0 Å². The van der Waals surface area contributed by atoms with E-state index in [9.17, 15) is 0 Å². The quantitative estimate of drug-likeness (QED) is 0.140. The summed E-state index contributed by atoms with van der Waals surface area (Å²) in [7, 11) is 0. The largest absolute Gasteiger partial charge is 0.0629 e. The van der Waals surface area contributed by atoms with Crippen molar-refractivity contribution in [3.63, 3.8) is 0 Å². The van der Waals surface area contributed by atoms with Gasteiger partial charge in [0.15, 0.2) is 0 Å². The predicted molar refractivity (Wildman–Crippen MR) is 374 cm³/mol. The molecule has 0 aromatic heterocycles. The Morgan fingerprint density at radius 1 is 0.218 bits per heavy atom. The summed E-state index contributed by atoms with van der Waals surface area (Å²) in [6.45, 7) is 4.60. The van der Waals surface area contributed by atoms with Crippen LogP contribution < -0.4 is 0 Å². The molecule has 0 radical (unpaired) electrons. The van der Waals surface area contributed by atoms with Gasteiger partial charge < -0.3 is 0 Å². The van der Waals surface area contributed by atoms with Crippen molar-refractivity contribution in [3.05, 3.63) is 338 Å². The maximum atomic E-state index is 8.81. The molecule has 0 bridgehead atoms. The van der Waals surface area contributed by atoms with Gasteiger partial charge in [-0.05, 0) is 183 Å². The van der Waals surface area contributed by atoms with E-state index in [4.69, 9.17) is 13.7 Å². The SMILES string of the molecule is [2H]c1c([2H])c([2H])c(-c2ccc3c(-c4ccc(-c5ccccc5)cc4)c4ccccc4c(-c4cccc5ccccc45)c3c2)c([2H])c1[2H].[2H]c1c([2H])c([2H])c(-c2ccc3c(-c4ccc5c(c4)C(C)(C)c4ccccc4-5)c4ccccc4c(-c4cccc5ccccc45)c3c2)c([2H])c1[2H]. The van der Waals surface area contributed by atoms with Crippen LogP contribution in [0.5, 0.6) is 0 Å². The second kappa shape index (κ2) is 21.3. The summed E-state index contributed by atoms with van der Waals surface area (Å²) < 4.78 is 84.9. The molecule has 0 saturated heterocycles. The third kappa shape index (κ3) is 8.83. The molecular formula is C87H60. The molecule has 0 unspecified atom stereocenters. The van der Waals surface area contributed by atoms with E-state index in [0.717, 1.165) is 120 Å². The predicted octanol–water partition coefficient (Wildman–Crippen LogP) is 24.3. The monoisotopic (exact) mass is 1110 g/mol. The standard InChI is InChI=1S/C45H32.C42H28/c1-45(2)41-22-11-10-18-34(41)35-25-24-32(28-42(35)45)43-37-19-8-9-20-38(37)44(36-21-12-16-30-15-6-7-17-33(30)36)40-27-31(23-26-39(40)43)29-13-4-3-5-14-29;1-3-12-29(13-4-1)31-22-24-33(25-23-31)41-37-19-9-10-20-38(37)42(36-21-11-17-32-16-7-8-18-35(32)36)40-28-34(26-27-39(40)41)30-14-5-2-6-15-30/h3-28H,1-2H3;1-28H/i3D,4D,5D,13D,14D;2D,5D,6D,14D,15D. The van der Waals surface area contributed by atoms with Gasteiger partial charge in [-0.3, -0.25) is 0 Å². The smallest absolute Gasteiger partial charge is 0.0622 e. The average Bonchev–Trinajstić information content (AvgIpc) is 1.53. The van der Waals surface area contributed by atoms with Crippen LogP contribution in [0.25, 0.3) is 154 Å². The maximum absolute atomic E-state index is 8.81. The fraction of sp³-hybridized carbons (Fsp3) is 0.0345. The van der Waals surface area contributed by atoms with Crippen LogP contribution in [-0.4, -0.2) is 0 Å². The van der Waals surface area contributed by atoms with E-state index in [2.05, 4.69) is 226 Å². The molecular weight excluding hydrogens is 1040 g/mol. The van der Waals surface area contributed by atoms with Gasteiger partial charge in [0.05, 0.1) is 13.7 Å². The number of benzene rings is 16. The molecule has 16 aromatic rings. The highest BCUT2D eigenvalue weighted by Gasteiger charge is 2.35. The molecule has 0 atom stereocenters. The van der Waals surface area contributed by atoms with Crippen molar-refractivity contribution < 1.29 is 13.7 Å². The first kappa shape index (κ1) is 42.0. The first-order valence-electron chi connectivity index (χ1n) is 34.6. The first-order chi connectivity index (χ1) is 47.1. The Balaban J connectivity index is 0.000000152. The zero-order valence-electron chi connectivity index (χ0n) is 57.9. The van der Waals surface area contributed by atoms with E-state index >= 15 is 0 Å². The molecule has 0 N–H and O–H groups in total. The highest BCUT2D eigenvalue weighted by Crippen LogP contribution is 2.53.